The molecule has 0 spiro atoms. The molecule has 3 saturated heterocycles. The van der Waals surface area contributed by atoms with E-state index in [4.69, 9.17) is 0 Å². The Kier molecular flexibility index (Phi) is 4.15. The first-order valence-electron chi connectivity index (χ1n) is 7.83. The van der Waals surface area contributed by atoms with E-state index in [9.17, 15) is 9.59 Å². The van der Waals surface area contributed by atoms with Gasteiger partial charge in [0, 0.05) is 19.6 Å². The number of piperidine rings is 3. The predicted molar refractivity (Wildman–Crippen MR) is 81.4 cm³/mol. The van der Waals surface area contributed by atoms with Crippen LogP contribution in [0.3, 0.4) is 0 Å². The summed E-state index contributed by atoms with van der Waals surface area (Å²) in [6, 6.07) is 1.94. The minimum atomic E-state index is -0.271. The summed E-state index contributed by atoms with van der Waals surface area (Å²) in [5.41, 5.74) is 1.25. The van der Waals surface area contributed by atoms with Crippen LogP contribution in [0.2, 0.25) is 0 Å². The largest absolute Gasteiger partial charge is 0.350 e. The van der Waals surface area contributed by atoms with E-state index in [0.29, 0.717) is 11.6 Å². The van der Waals surface area contributed by atoms with E-state index in [0.717, 1.165) is 38.2 Å². The van der Waals surface area contributed by atoms with Crippen molar-refractivity contribution < 1.29 is 9.59 Å². The van der Waals surface area contributed by atoms with Gasteiger partial charge in [-0.25, -0.2) is 0 Å². The van der Waals surface area contributed by atoms with Gasteiger partial charge in [0.25, 0.3) is 5.91 Å². The molecule has 4 rings (SSSR count). The number of fused-ring (bicyclic) bond motifs is 3. The summed E-state index contributed by atoms with van der Waals surface area (Å²) < 4.78 is 1.52. The molecule has 3 aliphatic rings. The molecule has 0 aliphatic carbocycles. The maximum atomic E-state index is 12.0. The lowest BCUT2D eigenvalue weighted by atomic mass is 9.84. The van der Waals surface area contributed by atoms with Crippen LogP contribution in [0.1, 0.15) is 29.0 Å². The topological polar surface area (TPSA) is 79.3 Å². The average molecular weight is 305 g/mol. The maximum Gasteiger partial charge on any atom is 0.269 e. The summed E-state index contributed by atoms with van der Waals surface area (Å²) in [5.74, 6) is 0.197. The van der Waals surface area contributed by atoms with Gasteiger partial charge in [0.1, 0.15) is 5.69 Å². The van der Waals surface area contributed by atoms with Gasteiger partial charge >= 0.3 is 0 Å². The Labute approximate surface area is 130 Å². The molecule has 0 aromatic carbocycles. The highest BCUT2D eigenvalue weighted by Crippen LogP contribution is 2.27. The SMILES string of the molecule is Cc1cc(C(=O)NCC(=O)NC2CN3CCC2CC3)n(C)n1. The van der Waals surface area contributed by atoms with Gasteiger partial charge in [-0.05, 0) is 44.8 Å². The molecular formula is C15H23N5O2. The minimum Gasteiger partial charge on any atom is -0.350 e. The second-order valence-electron chi connectivity index (χ2n) is 6.29. The van der Waals surface area contributed by atoms with Crippen molar-refractivity contribution in [2.24, 2.45) is 13.0 Å². The minimum absolute atomic E-state index is 0.00623. The summed E-state index contributed by atoms with van der Waals surface area (Å²) in [6.07, 6.45) is 2.32. The van der Waals surface area contributed by atoms with Crippen LogP contribution in [-0.2, 0) is 11.8 Å². The van der Waals surface area contributed by atoms with Crippen molar-refractivity contribution >= 4 is 11.8 Å². The number of rotatable bonds is 4. The average Bonchev–Trinajstić information content (AvgIpc) is 2.85. The zero-order valence-electron chi connectivity index (χ0n) is 13.1. The van der Waals surface area contributed by atoms with Gasteiger partial charge in [0.15, 0.2) is 0 Å². The third kappa shape index (κ3) is 3.14. The first-order valence-corrected chi connectivity index (χ1v) is 7.83. The van der Waals surface area contributed by atoms with Gasteiger partial charge in [0.2, 0.25) is 5.91 Å². The summed E-state index contributed by atoms with van der Waals surface area (Å²) in [5, 5.41) is 9.85. The summed E-state index contributed by atoms with van der Waals surface area (Å²) >= 11 is 0. The number of carbonyl (C=O) groups excluding carboxylic acids is 2. The Bertz CT molecular complexity index is 574. The highest BCUT2D eigenvalue weighted by Gasteiger charge is 2.34. The van der Waals surface area contributed by atoms with E-state index in [-0.39, 0.29) is 24.4 Å². The molecule has 0 saturated carbocycles. The van der Waals surface area contributed by atoms with Gasteiger partial charge in [0.05, 0.1) is 12.2 Å². The normalized spacial score (nSPS) is 26.7. The highest BCUT2D eigenvalue weighted by atomic mass is 16.2. The van der Waals surface area contributed by atoms with E-state index in [1.165, 1.54) is 4.68 Å². The molecule has 1 aromatic heterocycles. The fourth-order valence-corrected chi connectivity index (χ4v) is 3.46. The first-order chi connectivity index (χ1) is 10.5. The van der Waals surface area contributed by atoms with Crippen molar-refractivity contribution in [3.8, 4) is 0 Å². The summed E-state index contributed by atoms with van der Waals surface area (Å²) in [7, 11) is 1.72. The van der Waals surface area contributed by atoms with Crippen molar-refractivity contribution in [1.29, 1.82) is 0 Å². The molecule has 1 atom stereocenters. The number of nitrogens with zero attached hydrogens (tertiary/aromatic N) is 3. The molecule has 2 bridgehead atoms. The fourth-order valence-electron chi connectivity index (χ4n) is 3.46. The van der Waals surface area contributed by atoms with Gasteiger partial charge in [-0.15, -0.1) is 0 Å². The number of nitrogens with one attached hydrogen (secondary N) is 2. The molecule has 0 radical (unpaired) electrons. The van der Waals surface area contributed by atoms with Gasteiger partial charge in [-0.2, -0.15) is 5.10 Å². The lowest BCUT2D eigenvalue weighted by Gasteiger charge is -2.44. The lowest BCUT2D eigenvalue weighted by Crippen LogP contribution is -2.58. The smallest absolute Gasteiger partial charge is 0.269 e. The molecule has 2 N–H and O–H groups in total. The van der Waals surface area contributed by atoms with E-state index in [1.807, 2.05) is 6.92 Å². The van der Waals surface area contributed by atoms with Crippen molar-refractivity contribution in [3.05, 3.63) is 17.5 Å². The van der Waals surface area contributed by atoms with Crippen molar-refractivity contribution in [3.63, 3.8) is 0 Å². The number of aryl methyl sites for hydroxylation is 2. The Balaban J connectivity index is 1.48. The Hall–Kier alpha value is -1.89. The molecule has 1 aromatic rings. The van der Waals surface area contributed by atoms with Crippen molar-refractivity contribution in [2.75, 3.05) is 26.2 Å². The maximum absolute atomic E-state index is 12.0. The van der Waals surface area contributed by atoms with Crippen LogP contribution in [0.15, 0.2) is 6.07 Å². The molecule has 4 heterocycles. The zero-order valence-corrected chi connectivity index (χ0v) is 13.1. The number of carbonyl (C=O) groups is 2. The second kappa shape index (κ2) is 6.08. The van der Waals surface area contributed by atoms with Crippen molar-refractivity contribution in [1.82, 2.24) is 25.3 Å². The predicted octanol–water partition coefficient (Wildman–Crippen LogP) is -0.331. The third-order valence-corrected chi connectivity index (χ3v) is 4.65. The lowest BCUT2D eigenvalue weighted by molar-refractivity contribution is -0.122. The van der Waals surface area contributed by atoms with Crippen LogP contribution in [0, 0.1) is 12.8 Å². The quantitative estimate of drug-likeness (QED) is 0.798. The van der Waals surface area contributed by atoms with Crippen molar-refractivity contribution in [2.45, 2.75) is 25.8 Å². The van der Waals surface area contributed by atoms with E-state index in [2.05, 4.69) is 20.6 Å². The third-order valence-electron chi connectivity index (χ3n) is 4.65. The van der Waals surface area contributed by atoms with Gasteiger partial charge in [-0.1, -0.05) is 0 Å². The molecule has 1 unspecified atom stereocenters. The second-order valence-corrected chi connectivity index (χ2v) is 6.29. The molecule has 3 fully saturated rings. The molecule has 2 amide bonds. The molecular weight excluding hydrogens is 282 g/mol. The van der Waals surface area contributed by atoms with Crippen LogP contribution in [0.4, 0.5) is 0 Å². The summed E-state index contributed by atoms with van der Waals surface area (Å²) in [6.45, 7) is 5.07. The van der Waals surface area contributed by atoms with Gasteiger partial charge < -0.3 is 15.5 Å². The number of hydrogen-bond acceptors (Lipinski definition) is 4. The molecule has 7 heteroatoms. The zero-order chi connectivity index (χ0) is 15.7. The van der Waals surface area contributed by atoms with Crippen LogP contribution < -0.4 is 10.6 Å². The van der Waals surface area contributed by atoms with E-state index >= 15 is 0 Å². The van der Waals surface area contributed by atoms with Crippen LogP contribution >= 0.6 is 0 Å². The van der Waals surface area contributed by atoms with Gasteiger partial charge in [-0.3, -0.25) is 14.3 Å². The highest BCUT2D eigenvalue weighted by molar-refractivity contribution is 5.95. The number of aromatic nitrogens is 2. The number of amides is 2. The van der Waals surface area contributed by atoms with Crippen LogP contribution in [-0.4, -0.2) is 58.7 Å². The monoisotopic (exact) mass is 305 g/mol. The van der Waals surface area contributed by atoms with E-state index in [1.54, 1.807) is 13.1 Å². The molecule has 120 valence electrons. The summed E-state index contributed by atoms with van der Waals surface area (Å²) in [4.78, 5) is 26.5. The fraction of sp³-hybridized carbons (Fsp3) is 0.667. The Morgan fingerprint density at radius 3 is 2.64 bits per heavy atom. The molecule has 22 heavy (non-hydrogen) atoms. The van der Waals surface area contributed by atoms with E-state index < -0.39 is 0 Å². The van der Waals surface area contributed by atoms with Crippen LogP contribution in [0.5, 0.6) is 0 Å². The molecule has 7 nitrogen and oxygen atoms in total. The first kappa shape index (κ1) is 15.0. The Morgan fingerprint density at radius 2 is 2.09 bits per heavy atom. The molecule has 3 aliphatic heterocycles. The standard InChI is InChI=1S/C15H23N5O2/c1-10-7-13(19(2)18-10)15(22)16-8-14(21)17-12-9-20-5-3-11(12)4-6-20/h7,11-12H,3-6,8-9H2,1-2H3,(H,16,22)(H,17,21). The Morgan fingerprint density at radius 1 is 1.36 bits per heavy atom. The van der Waals surface area contributed by atoms with Crippen LogP contribution in [0.25, 0.3) is 0 Å². The number of hydrogen-bond donors (Lipinski definition) is 2.